The van der Waals surface area contributed by atoms with E-state index in [1.165, 1.54) is 20.6 Å². The third kappa shape index (κ3) is 5.02. The Morgan fingerprint density at radius 2 is 2.06 bits per heavy atom. The smallest absolute Gasteiger partial charge is 0.330 e. The Hall–Kier alpha value is -3.79. The summed E-state index contributed by atoms with van der Waals surface area (Å²) in [5.41, 5.74) is 5.30. The van der Waals surface area contributed by atoms with Gasteiger partial charge in [-0.3, -0.25) is 28.8 Å². The summed E-state index contributed by atoms with van der Waals surface area (Å²) < 4.78 is 6.66. The topological polar surface area (TPSA) is 135 Å². The number of carbonyl (C=O) groups is 2. The molecule has 184 valence electrons. The highest BCUT2D eigenvalue weighted by molar-refractivity contribution is 6.31. The van der Waals surface area contributed by atoms with E-state index in [0.717, 1.165) is 6.42 Å². The second-order valence-corrected chi connectivity index (χ2v) is 8.82. The number of anilines is 3. The van der Waals surface area contributed by atoms with Gasteiger partial charge in [0.25, 0.3) is 5.56 Å². The molecule has 2 aromatic heterocycles. The van der Waals surface area contributed by atoms with E-state index in [1.54, 1.807) is 36.4 Å². The van der Waals surface area contributed by atoms with Crippen molar-refractivity contribution in [3.8, 4) is 0 Å². The van der Waals surface area contributed by atoms with Crippen LogP contribution in [-0.4, -0.2) is 27.9 Å². The maximum absolute atomic E-state index is 13.8. The molecule has 1 saturated heterocycles. The zero-order valence-corrected chi connectivity index (χ0v) is 20.0. The van der Waals surface area contributed by atoms with E-state index in [2.05, 4.69) is 4.98 Å². The first kappa shape index (κ1) is 24.3. The first-order valence-corrected chi connectivity index (χ1v) is 11.7. The maximum Gasteiger partial charge on any atom is 0.330 e. The minimum Gasteiger partial charge on any atom is -0.467 e. The van der Waals surface area contributed by atoms with Gasteiger partial charge in [0.05, 0.1) is 18.7 Å². The molecular weight excluding hydrogens is 474 g/mol. The van der Waals surface area contributed by atoms with Crippen LogP contribution in [0.2, 0.25) is 5.02 Å². The van der Waals surface area contributed by atoms with Crippen LogP contribution in [0.3, 0.4) is 0 Å². The second kappa shape index (κ2) is 10.2. The Bertz CT molecular complexity index is 1350. The molecule has 0 spiro atoms. The maximum atomic E-state index is 13.8. The number of nitrogens with one attached hydrogen (secondary N) is 1. The highest BCUT2D eigenvalue weighted by Gasteiger charge is 2.39. The minimum absolute atomic E-state index is 0.0483. The van der Waals surface area contributed by atoms with E-state index in [4.69, 9.17) is 21.8 Å². The van der Waals surface area contributed by atoms with Gasteiger partial charge >= 0.3 is 5.69 Å². The molecule has 0 bridgehead atoms. The Kier molecular flexibility index (Phi) is 7.11. The molecule has 1 aromatic carbocycles. The van der Waals surface area contributed by atoms with Gasteiger partial charge in [0.1, 0.15) is 11.6 Å². The molecule has 0 aliphatic carbocycles. The van der Waals surface area contributed by atoms with Crippen LogP contribution in [0.15, 0.2) is 56.7 Å². The zero-order valence-electron chi connectivity index (χ0n) is 19.2. The zero-order chi connectivity index (χ0) is 25.1. The monoisotopic (exact) mass is 499 g/mol. The van der Waals surface area contributed by atoms with Crippen molar-refractivity contribution in [2.75, 3.05) is 22.1 Å². The number of rotatable bonds is 8. The van der Waals surface area contributed by atoms with Crippen LogP contribution in [0.5, 0.6) is 0 Å². The summed E-state index contributed by atoms with van der Waals surface area (Å²) in [5.74, 6) is -1.15. The van der Waals surface area contributed by atoms with Gasteiger partial charge in [-0.25, -0.2) is 4.79 Å². The third-order valence-electron chi connectivity index (χ3n) is 5.97. The van der Waals surface area contributed by atoms with E-state index in [0.29, 0.717) is 22.9 Å². The summed E-state index contributed by atoms with van der Waals surface area (Å²) in [7, 11) is 0. The van der Waals surface area contributed by atoms with Gasteiger partial charge in [0, 0.05) is 30.2 Å². The number of nitrogen functional groups attached to an aromatic ring is 1. The molecule has 2 amide bonds. The van der Waals surface area contributed by atoms with Gasteiger partial charge in [-0.2, -0.15) is 0 Å². The first-order valence-electron chi connectivity index (χ1n) is 11.3. The van der Waals surface area contributed by atoms with Crippen molar-refractivity contribution >= 4 is 40.6 Å². The molecule has 3 heterocycles. The third-order valence-corrected chi connectivity index (χ3v) is 6.21. The number of nitrogens with two attached hydrogens (primary N) is 1. The van der Waals surface area contributed by atoms with Crippen molar-refractivity contribution in [3.63, 3.8) is 0 Å². The Labute approximate surface area is 205 Å². The highest BCUT2D eigenvalue weighted by atomic mass is 35.5. The van der Waals surface area contributed by atoms with E-state index < -0.39 is 23.1 Å². The summed E-state index contributed by atoms with van der Waals surface area (Å²) >= 11 is 6.07. The number of H-pyrrole nitrogens is 1. The number of carbonyl (C=O) groups excluding carboxylic acids is 2. The number of aromatic amines is 1. The van der Waals surface area contributed by atoms with Crippen molar-refractivity contribution in [2.45, 2.75) is 39.3 Å². The van der Waals surface area contributed by atoms with E-state index in [-0.39, 0.29) is 43.5 Å². The van der Waals surface area contributed by atoms with E-state index in [9.17, 15) is 19.2 Å². The SMILES string of the molecule is CCCCn1c(N)c(N(Cc2ccco2)C(=O)C2CC(=O)N(c3cccc(Cl)c3)C2)c(=O)[nH]c1=O. The fourth-order valence-electron chi connectivity index (χ4n) is 4.19. The van der Waals surface area contributed by atoms with Crippen molar-refractivity contribution < 1.29 is 14.0 Å². The molecule has 10 nitrogen and oxygen atoms in total. The predicted octanol–water partition coefficient (Wildman–Crippen LogP) is 2.75. The van der Waals surface area contributed by atoms with Crippen molar-refractivity contribution in [1.29, 1.82) is 0 Å². The van der Waals surface area contributed by atoms with Crippen molar-refractivity contribution in [3.05, 3.63) is 74.3 Å². The lowest BCUT2D eigenvalue weighted by Crippen LogP contribution is -2.43. The Morgan fingerprint density at radius 1 is 1.26 bits per heavy atom. The lowest BCUT2D eigenvalue weighted by Gasteiger charge is -2.26. The van der Waals surface area contributed by atoms with Gasteiger partial charge in [-0.15, -0.1) is 0 Å². The quantitative estimate of drug-likeness (QED) is 0.489. The summed E-state index contributed by atoms with van der Waals surface area (Å²) in [5, 5.41) is 0.471. The molecule has 1 aliphatic rings. The van der Waals surface area contributed by atoms with Gasteiger partial charge in [0.15, 0.2) is 5.69 Å². The van der Waals surface area contributed by atoms with Gasteiger partial charge in [-0.05, 0) is 36.8 Å². The molecule has 1 fully saturated rings. The van der Waals surface area contributed by atoms with E-state index in [1.807, 2.05) is 6.92 Å². The van der Waals surface area contributed by atoms with Crippen LogP contribution in [0.4, 0.5) is 17.2 Å². The van der Waals surface area contributed by atoms with Crippen molar-refractivity contribution in [2.24, 2.45) is 5.92 Å². The molecule has 3 aromatic rings. The normalized spacial score (nSPS) is 15.5. The predicted molar refractivity (Wildman–Crippen MR) is 132 cm³/mol. The lowest BCUT2D eigenvalue weighted by molar-refractivity contribution is -0.124. The molecule has 1 atom stereocenters. The first-order chi connectivity index (χ1) is 16.8. The molecule has 1 aliphatic heterocycles. The fraction of sp³-hybridized carbons (Fsp3) is 0.333. The van der Waals surface area contributed by atoms with Crippen LogP contribution in [0.25, 0.3) is 0 Å². The number of nitrogens with zero attached hydrogens (tertiary/aromatic N) is 3. The highest BCUT2D eigenvalue weighted by Crippen LogP contribution is 2.30. The Morgan fingerprint density at radius 3 is 2.74 bits per heavy atom. The average Bonchev–Trinajstić information content (AvgIpc) is 3.47. The number of amides is 2. The number of benzene rings is 1. The van der Waals surface area contributed by atoms with Crippen LogP contribution < -0.4 is 26.8 Å². The molecule has 1 unspecified atom stereocenters. The summed E-state index contributed by atoms with van der Waals surface area (Å²) in [6, 6.07) is 10.1. The van der Waals surface area contributed by atoms with Crippen LogP contribution in [-0.2, 0) is 22.7 Å². The van der Waals surface area contributed by atoms with Crippen molar-refractivity contribution in [1.82, 2.24) is 9.55 Å². The summed E-state index contributed by atoms with van der Waals surface area (Å²) in [6.45, 7) is 2.27. The number of aromatic nitrogens is 2. The Balaban J connectivity index is 1.72. The molecule has 35 heavy (non-hydrogen) atoms. The average molecular weight is 500 g/mol. The summed E-state index contributed by atoms with van der Waals surface area (Å²) in [6.07, 6.45) is 2.87. The molecule has 4 rings (SSSR count). The van der Waals surface area contributed by atoms with Crippen LogP contribution in [0.1, 0.15) is 31.9 Å². The number of unbranched alkanes of at least 4 members (excludes halogenated alkanes) is 1. The van der Waals surface area contributed by atoms with Crippen LogP contribution in [0, 0.1) is 5.92 Å². The van der Waals surface area contributed by atoms with Crippen LogP contribution >= 0.6 is 11.6 Å². The minimum atomic E-state index is -0.781. The van der Waals surface area contributed by atoms with Gasteiger partial charge in [-0.1, -0.05) is 31.0 Å². The molecule has 0 saturated carbocycles. The molecule has 11 heteroatoms. The lowest BCUT2D eigenvalue weighted by atomic mass is 10.1. The molecule has 3 N–H and O–H groups in total. The second-order valence-electron chi connectivity index (χ2n) is 8.39. The largest absolute Gasteiger partial charge is 0.467 e. The molecule has 0 radical (unpaired) electrons. The number of hydrogen-bond donors (Lipinski definition) is 2. The van der Waals surface area contributed by atoms with E-state index >= 15 is 0 Å². The number of furan rings is 1. The number of halogens is 1. The van der Waals surface area contributed by atoms with Gasteiger partial charge < -0.3 is 15.1 Å². The standard InChI is InChI=1S/C24H26ClN5O5/c1-2-3-9-28-21(26)20(22(32)27-24(28)34)30(14-18-8-5-10-35-18)23(33)15-11-19(31)29(13-15)17-7-4-6-16(25)12-17/h4-8,10,12,15H,2-3,9,11,13-14,26H2,1H3,(H,27,32,34). The van der Waals surface area contributed by atoms with Gasteiger partial charge in [0.2, 0.25) is 11.8 Å². The molecular formula is C24H26ClN5O5. The fourth-order valence-corrected chi connectivity index (χ4v) is 4.37. The number of hydrogen-bond acceptors (Lipinski definition) is 6. The summed E-state index contributed by atoms with van der Waals surface area (Å²) in [4.78, 5) is 56.8.